The molecule has 1 aromatic carbocycles. The van der Waals surface area contributed by atoms with Crippen LogP contribution in [0.5, 0.6) is 5.75 Å². The second kappa shape index (κ2) is 4.18. The van der Waals surface area contributed by atoms with E-state index >= 15 is 0 Å². The van der Waals surface area contributed by atoms with E-state index in [1.54, 1.807) is 12.1 Å². The van der Waals surface area contributed by atoms with Crippen molar-refractivity contribution in [2.75, 3.05) is 0 Å². The van der Waals surface area contributed by atoms with E-state index in [-0.39, 0.29) is 0 Å². The molecular weight excluding hydrogens is 211 g/mol. The standard InChI is InChI=1S/C9H10Cl2O2/c1-5-3-7(10)4-8(11)9(5)13-6(2)12/h3-4,6,12H,1-2H3. The van der Waals surface area contributed by atoms with Gasteiger partial charge in [0.25, 0.3) is 0 Å². The number of aliphatic hydroxyl groups excluding tert-OH is 1. The highest BCUT2D eigenvalue weighted by atomic mass is 35.5. The smallest absolute Gasteiger partial charge is 0.194 e. The average molecular weight is 221 g/mol. The molecular formula is C9H10Cl2O2. The predicted molar refractivity (Wildman–Crippen MR) is 53.5 cm³/mol. The Morgan fingerprint density at radius 1 is 1.38 bits per heavy atom. The summed E-state index contributed by atoms with van der Waals surface area (Å²) in [4.78, 5) is 0. The van der Waals surface area contributed by atoms with Crippen molar-refractivity contribution in [3.63, 3.8) is 0 Å². The zero-order valence-electron chi connectivity index (χ0n) is 7.34. The van der Waals surface area contributed by atoms with E-state index in [2.05, 4.69) is 0 Å². The van der Waals surface area contributed by atoms with Crippen LogP contribution >= 0.6 is 23.2 Å². The SMILES string of the molecule is Cc1cc(Cl)cc(Cl)c1OC(C)O. The van der Waals surface area contributed by atoms with Crippen LogP contribution in [0.1, 0.15) is 12.5 Å². The Labute approximate surface area is 87.0 Å². The van der Waals surface area contributed by atoms with E-state index in [4.69, 9.17) is 33.0 Å². The lowest BCUT2D eigenvalue weighted by Crippen LogP contribution is -2.10. The molecule has 1 rings (SSSR count). The van der Waals surface area contributed by atoms with Crippen LogP contribution in [0.25, 0.3) is 0 Å². The highest BCUT2D eigenvalue weighted by Crippen LogP contribution is 2.32. The van der Waals surface area contributed by atoms with E-state index in [1.165, 1.54) is 6.92 Å². The molecule has 4 heteroatoms. The molecule has 1 atom stereocenters. The van der Waals surface area contributed by atoms with Gasteiger partial charge in [-0.15, -0.1) is 0 Å². The molecule has 13 heavy (non-hydrogen) atoms. The summed E-state index contributed by atoms with van der Waals surface area (Å²) in [7, 11) is 0. The maximum atomic E-state index is 9.01. The Balaban J connectivity index is 3.06. The number of benzene rings is 1. The maximum Gasteiger partial charge on any atom is 0.194 e. The molecule has 1 N–H and O–H groups in total. The van der Waals surface area contributed by atoms with E-state index in [0.29, 0.717) is 15.8 Å². The quantitative estimate of drug-likeness (QED) is 0.777. The number of hydrogen-bond acceptors (Lipinski definition) is 2. The zero-order valence-corrected chi connectivity index (χ0v) is 8.86. The summed E-state index contributed by atoms with van der Waals surface area (Å²) in [5.41, 5.74) is 0.804. The van der Waals surface area contributed by atoms with Gasteiger partial charge in [0.1, 0.15) is 5.75 Å². The first-order valence-electron chi connectivity index (χ1n) is 3.81. The van der Waals surface area contributed by atoms with Crippen molar-refractivity contribution in [3.05, 3.63) is 27.7 Å². The van der Waals surface area contributed by atoms with Crippen LogP contribution in [0.2, 0.25) is 10.0 Å². The third-order valence-electron chi connectivity index (χ3n) is 1.48. The summed E-state index contributed by atoms with van der Waals surface area (Å²) < 4.78 is 5.10. The molecule has 2 nitrogen and oxygen atoms in total. The summed E-state index contributed by atoms with van der Waals surface area (Å²) in [6.07, 6.45) is -0.877. The van der Waals surface area contributed by atoms with Crippen molar-refractivity contribution in [2.24, 2.45) is 0 Å². The van der Waals surface area contributed by atoms with Crippen LogP contribution < -0.4 is 4.74 Å². The average Bonchev–Trinajstić information content (AvgIpc) is 1.96. The van der Waals surface area contributed by atoms with Crippen LogP contribution in [0, 0.1) is 6.92 Å². The minimum atomic E-state index is -0.877. The summed E-state index contributed by atoms with van der Waals surface area (Å²) in [6.45, 7) is 3.33. The van der Waals surface area contributed by atoms with Gasteiger partial charge in [0.05, 0.1) is 5.02 Å². The number of halogens is 2. The highest BCUT2D eigenvalue weighted by molar-refractivity contribution is 6.35. The summed E-state index contributed by atoms with van der Waals surface area (Å²) >= 11 is 11.6. The van der Waals surface area contributed by atoms with Crippen LogP contribution in [-0.4, -0.2) is 11.4 Å². The Hall–Kier alpha value is -0.440. The van der Waals surface area contributed by atoms with Gasteiger partial charge in [0, 0.05) is 5.02 Å². The molecule has 0 aromatic heterocycles. The van der Waals surface area contributed by atoms with E-state index in [9.17, 15) is 0 Å². The number of aryl methyl sites for hydroxylation is 1. The molecule has 0 saturated carbocycles. The number of hydrogen-bond donors (Lipinski definition) is 1. The lowest BCUT2D eigenvalue weighted by Gasteiger charge is -2.13. The first-order valence-corrected chi connectivity index (χ1v) is 4.56. The molecule has 0 amide bonds. The minimum Gasteiger partial charge on any atom is -0.464 e. The normalized spacial score (nSPS) is 12.7. The van der Waals surface area contributed by atoms with Crippen LogP contribution in [0.15, 0.2) is 12.1 Å². The highest BCUT2D eigenvalue weighted by Gasteiger charge is 2.09. The van der Waals surface area contributed by atoms with Gasteiger partial charge < -0.3 is 9.84 Å². The Morgan fingerprint density at radius 3 is 2.46 bits per heavy atom. The third-order valence-corrected chi connectivity index (χ3v) is 1.98. The molecule has 0 saturated heterocycles. The van der Waals surface area contributed by atoms with Crippen molar-refractivity contribution in [1.82, 2.24) is 0 Å². The Morgan fingerprint density at radius 2 is 2.00 bits per heavy atom. The fourth-order valence-electron chi connectivity index (χ4n) is 1.01. The van der Waals surface area contributed by atoms with E-state index in [0.717, 1.165) is 5.56 Å². The fourth-order valence-corrected chi connectivity index (χ4v) is 1.65. The summed E-state index contributed by atoms with van der Waals surface area (Å²) in [5.74, 6) is 0.473. The Kier molecular flexibility index (Phi) is 3.42. The third kappa shape index (κ3) is 2.76. The van der Waals surface area contributed by atoms with Crippen molar-refractivity contribution in [2.45, 2.75) is 20.1 Å². The largest absolute Gasteiger partial charge is 0.464 e. The van der Waals surface area contributed by atoms with Gasteiger partial charge in [-0.1, -0.05) is 23.2 Å². The van der Waals surface area contributed by atoms with E-state index in [1.807, 2.05) is 6.92 Å². The van der Waals surface area contributed by atoms with Gasteiger partial charge in [-0.3, -0.25) is 0 Å². The first kappa shape index (κ1) is 10.6. The molecule has 0 aliphatic rings. The molecule has 0 aliphatic heterocycles. The molecule has 1 unspecified atom stereocenters. The van der Waals surface area contributed by atoms with Gasteiger partial charge in [-0.05, 0) is 31.5 Å². The molecule has 0 aliphatic carbocycles. The lowest BCUT2D eigenvalue weighted by atomic mass is 10.2. The molecule has 1 aromatic rings. The molecule has 0 heterocycles. The van der Waals surface area contributed by atoms with Gasteiger partial charge >= 0.3 is 0 Å². The van der Waals surface area contributed by atoms with Crippen molar-refractivity contribution in [1.29, 1.82) is 0 Å². The van der Waals surface area contributed by atoms with Crippen LogP contribution in [0.4, 0.5) is 0 Å². The second-order valence-corrected chi connectivity index (χ2v) is 3.59. The van der Waals surface area contributed by atoms with Gasteiger partial charge in [0.15, 0.2) is 6.29 Å². The van der Waals surface area contributed by atoms with Crippen molar-refractivity contribution < 1.29 is 9.84 Å². The van der Waals surface area contributed by atoms with Gasteiger partial charge in [0.2, 0.25) is 0 Å². The Bertz CT molecular complexity index is 287. The molecule has 0 bridgehead atoms. The van der Waals surface area contributed by atoms with Crippen molar-refractivity contribution >= 4 is 23.2 Å². The first-order chi connectivity index (χ1) is 6.00. The topological polar surface area (TPSA) is 29.5 Å². The zero-order chi connectivity index (χ0) is 10.0. The van der Waals surface area contributed by atoms with Crippen molar-refractivity contribution in [3.8, 4) is 5.75 Å². The minimum absolute atomic E-state index is 0.408. The van der Waals surface area contributed by atoms with Gasteiger partial charge in [-0.2, -0.15) is 0 Å². The maximum absolute atomic E-state index is 9.01. The predicted octanol–water partition coefficient (Wildman–Crippen LogP) is 3.02. The molecule has 72 valence electrons. The number of ether oxygens (including phenoxy) is 1. The fraction of sp³-hybridized carbons (Fsp3) is 0.333. The second-order valence-electron chi connectivity index (χ2n) is 2.75. The molecule has 0 fully saturated rings. The summed E-state index contributed by atoms with van der Waals surface area (Å²) in [5, 5.41) is 9.97. The number of rotatable bonds is 2. The lowest BCUT2D eigenvalue weighted by molar-refractivity contribution is -0.000732. The monoisotopic (exact) mass is 220 g/mol. The molecule has 0 spiro atoms. The summed E-state index contributed by atoms with van der Waals surface area (Å²) in [6, 6.07) is 3.30. The van der Waals surface area contributed by atoms with Crippen LogP contribution in [0.3, 0.4) is 0 Å². The van der Waals surface area contributed by atoms with Gasteiger partial charge in [-0.25, -0.2) is 0 Å². The van der Waals surface area contributed by atoms with Crippen LogP contribution in [-0.2, 0) is 0 Å². The molecule has 0 radical (unpaired) electrons. The number of aliphatic hydroxyl groups is 1. The van der Waals surface area contributed by atoms with E-state index < -0.39 is 6.29 Å².